The summed E-state index contributed by atoms with van der Waals surface area (Å²) in [5.74, 6) is -0.116. The van der Waals surface area contributed by atoms with E-state index in [1.165, 1.54) is 12.1 Å². The quantitative estimate of drug-likeness (QED) is 0.654. The monoisotopic (exact) mass is 206 g/mol. The standard InChI is InChI=1S/C7H9BrN2/c1-10(2)7-5-3-4-6(8)9-7/h3-5H,1-2H3/i1D3,2D3. The van der Waals surface area contributed by atoms with Crippen LogP contribution in [0.4, 0.5) is 5.82 Å². The Morgan fingerprint density at radius 2 is 2.40 bits per heavy atom. The summed E-state index contributed by atoms with van der Waals surface area (Å²) >= 11 is 3.06. The maximum Gasteiger partial charge on any atom is 0.129 e. The van der Waals surface area contributed by atoms with E-state index in [1.54, 1.807) is 6.07 Å². The summed E-state index contributed by atoms with van der Waals surface area (Å²) in [6.45, 7) is -5.53. The third-order valence-corrected chi connectivity index (χ3v) is 1.37. The molecule has 1 aromatic heterocycles. The van der Waals surface area contributed by atoms with Crippen LogP contribution >= 0.6 is 15.9 Å². The van der Waals surface area contributed by atoms with Gasteiger partial charge in [-0.25, -0.2) is 4.98 Å². The van der Waals surface area contributed by atoms with E-state index in [2.05, 4.69) is 20.9 Å². The van der Waals surface area contributed by atoms with Crippen molar-refractivity contribution in [2.24, 2.45) is 0 Å². The van der Waals surface area contributed by atoms with E-state index in [-0.39, 0.29) is 5.82 Å². The van der Waals surface area contributed by atoms with E-state index in [1.807, 2.05) is 0 Å². The molecule has 0 unspecified atom stereocenters. The maximum atomic E-state index is 7.20. The highest BCUT2D eigenvalue weighted by Crippen LogP contribution is 2.11. The Bertz CT molecular complexity index is 360. The lowest BCUT2D eigenvalue weighted by atomic mass is 10.4. The summed E-state index contributed by atoms with van der Waals surface area (Å²) < 4.78 is 43.6. The number of aromatic nitrogens is 1. The van der Waals surface area contributed by atoms with Crippen molar-refractivity contribution in [2.45, 2.75) is 0 Å². The molecule has 54 valence electrons. The molecule has 1 rings (SSSR count). The Morgan fingerprint density at radius 1 is 1.60 bits per heavy atom. The molecule has 0 atom stereocenters. The Labute approximate surface area is 77.4 Å². The SMILES string of the molecule is [2H]C([2H])([2H])N(c1cccc(Br)n1)C([2H])([2H])[2H]. The van der Waals surface area contributed by atoms with Crippen molar-refractivity contribution >= 4 is 21.7 Å². The van der Waals surface area contributed by atoms with Gasteiger partial charge in [0.1, 0.15) is 10.4 Å². The fourth-order valence-electron chi connectivity index (χ4n) is 0.522. The molecule has 0 fully saturated rings. The van der Waals surface area contributed by atoms with Crippen molar-refractivity contribution in [2.75, 3.05) is 18.9 Å². The second-order valence-electron chi connectivity index (χ2n) is 1.65. The molecule has 0 aliphatic heterocycles. The first-order chi connectivity index (χ1) is 7.12. The van der Waals surface area contributed by atoms with Gasteiger partial charge in [-0.3, -0.25) is 0 Å². The molecule has 0 saturated heterocycles. The summed E-state index contributed by atoms with van der Waals surface area (Å²) in [6.07, 6.45) is 0. The second-order valence-corrected chi connectivity index (χ2v) is 2.47. The van der Waals surface area contributed by atoms with E-state index in [0.717, 1.165) is 0 Å². The predicted molar refractivity (Wildman–Crippen MR) is 46.3 cm³/mol. The molecule has 0 aromatic carbocycles. The minimum atomic E-state index is -2.76. The molecule has 1 aromatic rings. The van der Waals surface area contributed by atoms with Gasteiger partial charge >= 0.3 is 0 Å². The molecule has 1 heterocycles. The highest BCUT2D eigenvalue weighted by molar-refractivity contribution is 9.10. The lowest BCUT2D eigenvalue weighted by Gasteiger charge is -2.09. The van der Waals surface area contributed by atoms with E-state index < -0.39 is 14.0 Å². The normalized spacial score (nSPS) is 20.9. The lowest BCUT2D eigenvalue weighted by Crippen LogP contribution is -2.10. The van der Waals surface area contributed by atoms with Crippen LogP contribution in [0.2, 0.25) is 0 Å². The van der Waals surface area contributed by atoms with Crippen LogP contribution < -0.4 is 4.90 Å². The van der Waals surface area contributed by atoms with Crippen LogP contribution in [0, 0.1) is 0 Å². The number of hydrogen-bond donors (Lipinski definition) is 0. The van der Waals surface area contributed by atoms with Gasteiger partial charge in [0.25, 0.3) is 0 Å². The Hall–Kier alpha value is -0.570. The van der Waals surface area contributed by atoms with Crippen LogP contribution in [0.5, 0.6) is 0 Å². The van der Waals surface area contributed by atoms with Crippen LogP contribution in [0.1, 0.15) is 8.22 Å². The fraction of sp³-hybridized carbons (Fsp3) is 0.286. The lowest BCUT2D eigenvalue weighted by molar-refractivity contribution is 1.06. The zero-order valence-electron chi connectivity index (χ0n) is 11.0. The fourth-order valence-corrected chi connectivity index (χ4v) is 0.856. The van der Waals surface area contributed by atoms with E-state index in [9.17, 15) is 0 Å². The molecule has 3 heteroatoms. The zero-order chi connectivity index (χ0) is 12.6. The number of nitrogens with zero attached hydrogens (tertiary/aromatic N) is 2. The number of hydrogen-bond acceptors (Lipinski definition) is 2. The topological polar surface area (TPSA) is 16.1 Å². The van der Waals surface area contributed by atoms with Gasteiger partial charge < -0.3 is 4.90 Å². The van der Waals surface area contributed by atoms with Crippen molar-refractivity contribution in [3.63, 3.8) is 0 Å². The summed E-state index contributed by atoms with van der Waals surface area (Å²) in [4.78, 5) is 4.17. The van der Waals surface area contributed by atoms with Crippen molar-refractivity contribution in [1.29, 1.82) is 0 Å². The molecule has 2 nitrogen and oxygen atoms in total. The third-order valence-electron chi connectivity index (χ3n) is 0.930. The smallest absolute Gasteiger partial charge is 0.129 e. The van der Waals surface area contributed by atoms with Crippen molar-refractivity contribution in [1.82, 2.24) is 4.98 Å². The summed E-state index contributed by atoms with van der Waals surface area (Å²) in [5, 5.41) is 0. The summed E-state index contributed by atoms with van der Waals surface area (Å²) in [6, 6.07) is 4.45. The predicted octanol–water partition coefficient (Wildman–Crippen LogP) is 1.91. The van der Waals surface area contributed by atoms with Gasteiger partial charge in [-0.2, -0.15) is 0 Å². The number of rotatable bonds is 1. The van der Waals surface area contributed by atoms with Crippen LogP contribution in [-0.4, -0.2) is 18.9 Å². The van der Waals surface area contributed by atoms with Crippen LogP contribution in [0.3, 0.4) is 0 Å². The van der Waals surface area contributed by atoms with Gasteiger partial charge in [0.2, 0.25) is 0 Å². The average Bonchev–Trinajstić information content (AvgIpc) is 1.97. The molecule has 10 heavy (non-hydrogen) atoms. The van der Waals surface area contributed by atoms with Gasteiger partial charge in [-0.15, -0.1) is 0 Å². The van der Waals surface area contributed by atoms with Gasteiger partial charge in [-0.05, 0) is 28.1 Å². The highest BCUT2D eigenvalue weighted by Gasteiger charge is 1.94. The first kappa shape index (κ1) is 2.81. The first-order valence-electron chi connectivity index (χ1n) is 5.55. The summed E-state index contributed by atoms with van der Waals surface area (Å²) in [7, 11) is 0. The second kappa shape index (κ2) is 3.01. The minimum Gasteiger partial charge on any atom is -0.363 e. The Morgan fingerprint density at radius 3 is 3.00 bits per heavy atom. The average molecular weight is 207 g/mol. The molecule has 0 amide bonds. The van der Waals surface area contributed by atoms with E-state index in [0.29, 0.717) is 9.50 Å². The van der Waals surface area contributed by atoms with Gasteiger partial charge in [0, 0.05) is 22.2 Å². The summed E-state index contributed by atoms with van der Waals surface area (Å²) in [5.41, 5.74) is 0. The number of halogens is 1. The van der Waals surface area contributed by atoms with Gasteiger partial charge in [0.15, 0.2) is 0 Å². The maximum absolute atomic E-state index is 7.20. The van der Waals surface area contributed by atoms with Crippen molar-refractivity contribution in [3.05, 3.63) is 22.8 Å². The largest absolute Gasteiger partial charge is 0.363 e. The van der Waals surface area contributed by atoms with Gasteiger partial charge in [-0.1, -0.05) is 6.07 Å². The Balaban J connectivity index is 3.23. The van der Waals surface area contributed by atoms with Gasteiger partial charge in [0.05, 0.1) is 0 Å². The number of pyridine rings is 1. The molecular formula is C7H9BrN2. The highest BCUT2D eigenvalue weighted by atomic mass is 79.9. The van der Waals surface area contributed by atoms with Crippen LogP contribution in [-0.2, 0) is 0 Å². The molecule has 0 spiro atoms. The molecule has 0 aliphatic rings. The minimum absolute atomic E-state index is 0.116. The van der Waals surface area contributed by atoms with Crippen LogP contribution in [0.15, 0.2) is 22.8 Å². The third kappa shape index (κ3) is 1.70. The molecule has 0 N–H and O–H groups in total. The molecule has 0 radical (unpaired) electrons. The van der Waals surface area contributed by atoms with Crippen molar-refractivity contribution < 1.29 is 8.22 Å². The molecule has 0 saturated carbocycles. The van der Waals surface area contributed by atoms with Crippen molar-refractivity contribution in [3.8, 4) is 0 Å². The van der Waals surface area contributed by atoms with E-state index >= 15 is 0 Å². The van der Waals surface area contributed by atoms with E-state index in [4.69, 9.17) is 8.22 Å². The first-order valence-corrected chi connectivity index (χ1v) is 3.34. The zero-order valence-corrected chi connectivity index (χ0v) is 6.59. The number of anilines is 1. The molecular weight excluding hydrogens is 192 g/mol. The molecule has 0 aliphatic carbocycles. The molecule has 0 bridgehead atoms. The van der Waals surface area contributed by atoms with Crippen LogP contribution in [0.25, 0.3) is 0 Å². The Kier molecular flexibility index (Phi) is 0.848.